The summed E-state index contributed by atoms with van der Waals surface area (Å²) < 4.78 is 5.78. The Morgan fingerprint density at radius 2 is 2.00 bits per heavy atom. The van der Waals surface area contributed by atoms with E-state index in [1.165, 1.54) is 0 Å². The molecule has 0 amide bonds. The average molecular weight is 350 g/mol. The van der Waals surface area contributed by atoms with Gasteiger partial charge in [0, 0.05) is 26.2 Å². The number of para-hydroxylation sites is 1. The predicted molar refractivity (Wildman–Crippen MR) is 102 cm³/mol. The third-order valence-electron chi connectivity index (χ3n) is 4.30. The van der Waals surface area contributed by atoms with Crippen molar-refractivity contribution in [2.24, 2.45) is 0 Å². The van der Waals surface area contributed by atoms with Gasteiger partial charge in [-0.25, -0.2) is 15.0 Å². The fraction of sp³-hybridized carbons (Fsp3) is 0.316. The molecule has 0 radical (unpaired) electrons. The van der Waals surface area contributed by atoms with Gasteiger partial charge in [-0.1, -0.05) is 18.2 Å². The highest BCUT2D eigenvalue weighted by Crippen LogP contribution is 2.22. The summed E-state index contributed by atoms with van der Waals surface area (Å²) in [7, 11) is 0. The number of aromatic nitrogens is 4. The largest absolute Gasteiger partial charge is 0.489 e. The Morgan fingerprint density at radius 3 is 2.81 bits per heavy atom. The minimum atomic E-state index is 0.511. The third-order valence-corrected chi connectivity index (χ3v) is 4.30. The van der Waals surface area contributed by atoms with Crippen LogP contribution in [0.3, 0.4) is 0 Å². The van der Waals surface area contributed by atoms with Crippen LogP contribution in [0.4, 0.5) is 5.82 Å². The molecule has 1 aromatic carbocycles. The number of benzene rings is 1. The molecule has 134 valence electrons. The van der Waals surface area contributed by atoms with Crippen LogP contribution in [0.15, 0.2) is 42.2 Å². The zero-order chi connectivity index (χ0) is 17.8. The summed E-state index contributed by atoms with van der Waals surface area (Å²) in [5.41, 5.74) is 2.65. The maximum absolute atomic E-state index is 5.78. The number of fused-ring (bicyclic) bond motifs is 1. The molecule has 3 aromatic rings. The molecular formula is C19H22N6O. The number of hydrogen-bond acceptors (Lipinski definition) is 6. The first-order valence-electron chi connectivity index (χ1n) is 8.81. The number of piperazine rings is 1. The van der Waals surface area contributed by atoms with Gasteiger partial charge in [-0.05, 0) is 30.7 Å². The van der Waals surface area contributed by atoms with Gasteiger partial charge in [0.25, 0.3) is 0 Å². The van der Waals surface area contributed by atoms with Crippen LogP contribution in [-0.2, 0) is 0 Å². The lowest BCUT2D eigenvalue weighted by atomic mass is 10.3. The van der Waals surface area contributed by atoms with E-state index in [0.29, 0.717) is 12.3 Å². The second-order valence-electron chi connectivity index (χ2n) is 6.35. The first-order chi connectivity index (χ1) is 12.8. The number of imidazole rings is 1. The summed E-state index contributed by atoms with van der Waals surface area (Å²) in [6.45, 7) is 6.32. The zero-order valence-corrected chi connectivity index (χ0v) is 14.8. The molecule has 0 spiro atoms. The van der Waals surface area contributed by atoms with E-state index in [1.807, 2.05) is 43.3 Å². The lowest BCUT2D eigenvalue weighted by Gasteiger charge is -2.28. The molecule has 1 saturated heterocycles. The molecule has 26 heavy (non-hydrogen) atoms. The Labute approximate surface area is 152 Å². The molecule has 4 rings (SSSR count). The topological polar surface area (TPSA) is 79.0 Å². The van der Waals surface area contributed by atoms with Gasteiger partial charge in [0.1, 0.15) is 30.0 Å². The number of ether oxygens (including phenoxy) is 1. The van der Waals surface area contributed by atoms with Gasteiger partial charge in [-0.15, -0.1) is 0 Å². The van der Waals surface area contributed by atoms with E-state index in [0.717, 1.165) is 54.7 Å². The van der Waals surface area contributed by atoms with Crippen molar-refractivity contribution in [1.29, 1.82) is 0 Å². The van der Waals surface area contributed by atoms with Crippen LogP contribution < -0.4 is 15.0 Å². The number of anilines is 1. The maximum atomic E-state index is 5.78. The van der Waals surface area contributed by atoms with Crippen molar-refractivity contribution in [2.45, 2.75) is 6.92 Å². The number of rotatable bonds is 5. The highest BCUT2D eigenvalue weighted by atomic mass is 16.5. The lowest BCUT2D eigenvalue weighted by Crippen LogP contribution is -2.44. The monoisotopic (exact) mass is 350 g/mol. The maximum Gasteiger partial charge on any atom is 0.183 e. The molecule has 1 aliphatic heterocycles. The second kappa shape index (κ2) is 7.53. The number of H-pyrrole nitrogens is 1. The van der Waals surface area contributed by atoms with Crippen LogP contribution in [0.5, 0.6) is 5.75 Å². The van der Waals surface area contributed by atoms with Gasteiger partial charge in [0.2, 0.25) is 0 Å². The Hall–Kier alpha value is -2.93. The molecule has 1 fully saturated rings. The number of nitrogens with one attached hydrogen (secondary N) is 2. The predicted octanol–water partition coefficient (Wildman–Crippen LogP) is 2.24. The SMILES string of the molecule is CC(=Cc1nc2ncnc(N3CCNCC3)c2[nH]1)COc1ccccc1. The zero-order valence-electron chi connectivity index (χ0n) is 14.8. The Kier molecular flexibility index (Phi) is 4.79. The van der Waals surface area contributed by atoms with Crippen molar-refractivity contribution < 1.29 is 4.74 Å². The van der Waals surface area contributed by atoms with Crippen molar-refractivity contribution in [2.75, 3.05) is 37.7 Å². The molecule has 3 heterocycles. The molecule has 2 N–H and O–H groups in total. The van der Waals surface area contributed by atoms with Crippen LogP contribution in [0.25, 0.3) is 17.2 Å². The van der Waals surface area contributed by atoms with E-state index in [4.69, 9.17) is 4.74 Å². The molecule has 2 aromatic heterocycles. The quantitative estimate of drug-likeness (QED) is 0.735. The number of nitrogens with zero attached hydrogens (tertiary/aromatic N) is 4. The van der Waals surface area contributed by atoms with Gasteiger partial charge < -0.3 is 19.9 Å². The Balaban J connectivity index is 1.53. The van der Waals surface area contributed by atoms with E-state index < -0.39 is 0 Å². The fourth-order valence-corrected chi connectivity index (χ4v) is 3.01. The Morgan fingerprint density at radius 1 is 1.19 bits per heavy atom. The van der Waals surface area contributed by atoms with Crippen molar-refractivity contribution in [3.05, 3.63) is 48.1 Å². The van der Waals surface area contributed by atoms with E-state index in [-0.39, 0.29) is 0 Å². The lowest BCUT2D eigenvalue weighted by molar-refractivity contribution is 0.353. The first kappa shape index (κ1) is 16.5. The minimum absolute atomic E-state index is 0.511. The van der Waals surface area contributed by atoms with E-state index >= 15 is 0 Å². The molecule has 0 bridgehead atoms. The second-order valence-corrected chi connectivity index (χ2v) is 6.35. The van der Waals surface area contributed by atoms with Crippen molar-refractivity contribution in [3.8, 4) is 5.75 Å². The first-order valence-corrected chi connectivity index (χ1v) is 8.81. The van der Waals surface area contributed by atoms with Gasteiger partial charge in [-0.2, -0.15) is 0 Å². The van der Waals surface area contributed by atoms with Crippen molar-refractivity contribution in [1.82, 2.24) is 25.3 Å². The van der Waals surface area contributed by atoms with Gasteiger partial charge in [0.05, 0.1) is 0 Å². The van der Waals surface area contributed by atoms with E-state index in [1.54, 1.807) is 6.33 Å². The Bertz CT molecular complexity index is 899. The summed E-state index contributed by atoms with van der Waals surface area (Å²) in [6, 6.07) is 9.79. The van der Waals surface area contributed by atoms with Gasteiger partial charge in [-0.3, -0.25) is 0 Å². The molecule has 0 saturated carbocycles. The fourth-order valence-electron chi connectivity index (χ4n) is 3.01. The summed E-state index contributed by atoms with van der Waals surface area (Å²) >= 11 is 0. The molecule has 0 unspecified atom stereocenters. The highest BCUT2D eigenvalue weighted by molar-refractivity contribution is 5.84. The van der Waals surface area contributed by atoms with Crippen LogP contribution in [0, 0.1) is 0 Å². The highest BCUT2D eigenvalue weighted by Gasteiger charge is 2.17. The average Bonchev–Trinajstić information content (AvgIpc) is 3.10. The van der Waals surface area contributed by atoms with Crippen LogP contribution in [0.1, 0.15) is 12.7 Å². The minimum Gasteiger partial charge on any atom is -0.489 e. The van der Waals surface area contributed by atoms with Crippen molar-refractivity contribution >= 4 is 23.1 Å². The van der Waals surface area contributed by atoms with Gasteiger partial charge >= 0.3 is 0 Å². The molecule has 7 heteroatoms. The number of hydrogen-bond donors (Lipinski definition) is 2. The van der Waals surface area contributed by atoms with Crippen LogP contribution >= 0.6 is 0 Å². The van der Waals surface area contributed by atoms with Crippen LogP contribution in [0.2, 0.25) is 0 Å². The summed E-state index contributed by atoms with van der Waals surface area (Å²) in [5.74, 6) is 2.55. The molecule has 0 atom stereocenters. The normalized spacial score (nSPS) is 15.4. The third kappa shape index (κ3) is 3.67. The summed E-state index contributed by atoms with van der Waals surface area (Å²) in [4.78, 5) is 19.0. The smallest absolute Gasteiger partial charge is 0.183 e. The van der Waals surface area contributed by atoms with Crippen LogP contribution in [-0.4, -0.2) is 52.7 Å². The molecule has 7 nitrogen and oxygen atoms in total. The van der Waals surface area contributed by atoms with Gasteiger partial charge in [0.15, 0.2) is 11.5 Å². The molecule has 1 aliphatic rings. The molecular weight excluding hydrogens is 328 g/mol. The van der Waals surface area contributed by atoms with Crippen molar-refractivity contribution in [3.63, 3.8) is 0 Å². The summed E-state index contributed by atoms with van der Waals surface area (Å²) in [5, 5.41) is 3.36. The van der Waals surface area contributed by atoms with E-state index in [9.17, 15) is 0 Å². The number of aromatic amines is 1. The summed E-state index contributed by atoms with van der Waals surface area (Å²) in [6.07, 6.45) is 3.57. The molecule has 0 aliphatic carbocycles. The van der Waals surface area contributed by atoms with E-state index in [2.05, 4.69) is 30.2 Å². The standard InChI is InChI=1S/C19H22N6O/c1-14(12-26-15-5-3-2-4-6-15)11-16-23-17-18(24-16)21-13-22-19(17)25-9-7-20-8-10-25/h2-6,11,13,20H,7-10,12H2,1H3,(H,21,22,23,24).